The average Bonchev–Trinajstić information content (AvgIpc) is 2.67. The maximum atomic E-state index is 12.8. The zero-order chi connectivity index (χ0) is 20.5. The highest BCUT2D eigenvalue weighted by molar-refractivity contribution is 5.94. The van der Waals surface area contributed by atoms with E-state index in [4.69, 9.17) is 4.42 Å². The predicted molar refractivity (Wildman–Crippen MR) is 111 cm³/mol. The van der Waals surface area contributed by atoms with E-state index in [-0.39, 0.29) is 24.3 Å². The van der Waals surface area contributed by atoms with Crippen molar-refractivity contribution in [3.8, 4) is 0 Å². The summed E-state index contributed by atoms with van der Waals surface area (Å²) in [6.45, 7) is 3.32. The molecule has 1 aliphatic rings. The summed E-state index contributed by atoms with van der Waals surface area (Å²) in [5.41, 5.74) is 3.26. The zero-order valence-electron chi connectivity index (χ0n) is 16.1. The Kier molecular flexibility index (Phi) is 4.76. The summed E-state index contributed by atoms with van der Waals surface area (Å²) >= 11 is 0. The van der Waals surface area contributed by atoms with Crippen LogP contribution in [0.15, 0.2) is 63.9 Å². The molecule has 0 radical (unpaired) electrons. The van der Waals surface area contributed by atoms with Crippen LogP contribution in [0.25, 0.3) is 17.0 Å². The van der Waals surface area contributed by atoms with Gasteiger partial charge < -0.3 is 14.6 Å². The van der Waals surface area contributed by atoms with Crippen LogP contribution < -0.4 is 10.9 Å². The largest absolute Gasteiger partial charge is 0.423 e. The summed E-state index contributed by atoms with van der Waals surface area (Å²) in [5, 5.41) is 3.66. The maximum Gasteiger partial charge on any atom is 0.336 e. The Morgan fingerprint density at radius 3 is 2.72 bits per heavy atom. The van der Waals surface area contributed by atoms with Gasteiger partial charge in [0.05, 0.1) is 12.5 Å². The standard InChI is InChI=1S/C23H20N2O4/c1-14-11-23(28)29-21-12-17(7-8-18(14)21)24-22(27)13-20-19-6-4-3-5-16(19)9-10-25(20)15(2)26/h3-12,20H,13H2,1-2H3,(H,24,27)/t20-/m0/s1. The lowest BCUT2D eigenvalue weighted by Crippen LogP contribution is -2.33. The maximum absolute atomic E-state index is 12.8. The fourth-order valence-corrected chi connectivity index (χ4v) is 3.70. The van der Waals surface area contributed by atoms with Crippen LogP contribution in [0.5, 0.6) is 0 Å². The molecule has 146 valence electrons. The monoisotopic (exact) mass is 388 g/mol. The van der Waals surface area contributed by atoms with Crippen molar-refractivity contribution in [3.05, 3.63) is 81.8 Å². The molecule has 6 nitrogen and oxygen atoms in total. The molecule has 6 heteroatoms. The molecule has 0 bridgehead atoms. The summed E-state index contributed by atoms with van der Waals surface area (Å²) in [7, 11) is 0. The van der Waals surface area contributed by atoms with Crippen LogP contribution in [0.2, 0.25) is 0 Å². The SMILES string of the molecule is CC(=O)N1C=Cc2ccccc2[C@@H]1CC(=O)Nc1ccc2c(C)cc(=O)oc2c1. The number of rotatable bonds is 3. The number of benzene rings is 2. The van der Waals surface area contributed by atoms with Crippen molar-refractivity contribution in [1.29, 1.82) is 0 Å². The van der Waals surface area contributed by atoms with E-state index in [0.717, 1.165) is 22.1 Å². The van der Waals surface area contributed by atoms with Gasteiger partial charge in [-0.2, -0.15) is 0 Å². The second-order valence-electron chi connectivity index (χ2n) is 7.10. The summed E-state index contributed by atoms with van der Waals surface area (Å²) in [5.74, 6) is -0.364. The van der Waals surface area contributed by atoms with Crippen molar-refractivity contribution in [2.75, 3.05) is 5.32 Å². The smallest absolute Gasteiger partial charge is 0.336 e. The minimum atomic E-state index is -0.429. The zero-order valence-corrected chi connectivity index (χ0v) is 16.1. The molecule has 1 aliphatic heterocycles. The molecular weight excluding hydrogens is 368 g/mol. The van der Waals surface area contributed by atoms with Crippen molar-refractivity contribution < 1.29 is 14.0 Å². The fraction of sp³-hybridized carbons (Fsp3) is 0.174. The van der Waals surface area contributed by atoms with Crippen LogP contribution in [0.1, 0.15) is 36.1 Å². The Balaban J connectivity index is 1.59. The average molecular weight is 388 g/mol. The normalized spacial score (nSPS) is 15.2. The number of nitrogens with zero attached hydrogens (tertiary/aromatic N) is 1. The molecule has 29 heavy (non-hydrogen) atoms. The summed E-state index contributed by atoms with van der Waals surface area (Å²) < 4.78 is 5.24. The first-order valence-electron chi connectivity index (χ1n) is 9.33. The minimum Gasteiger partial charge on any atom is -0.423 e. The van der Waals surface area contributed by atoms with E-state index in [1.165, 1.54) is 13.0 Å². The Hall–Kier alpha value is -3.67. The third-order valence-electron chi connectivity index (χ3n) is 5.08. The van der Waals surface area contributed by atoms with E-state index >= 15 is 0 Å². The van der Waals surface area contributed by atoms with Crippen molar-refractivity contribution in [3.63, 3.8) is 0 Å². The van der Waals surface area contributed by atoms with Crippen LogP contribution in [0, 0.1) is 6.92 Å². The Morgan fingerprint density at radius 2 is 1.93 bits per heavy atom. The highest BCUT2D eigenvalue weighted by Gasteiger charge is 2.28. The van der Waals surface area contributed by atoms with Gasteiger partial charge in [0.25, 0.3) is 0 Å². The summed E-state index contributed by atoms with van der Waals surface area (Å²) in [4.78, 5) is 38.0. The first-order valence-corrected chi connectivity index (χ1v) is 9.33. The second-order valence-corrected chi connectivity index (χ2v) is 7.10. The van der Waals surface area contributed by atoms with Gasteiger partial charge in [-0.05, 0) is 41.8 Å². The van der Waals surface area contributed by atoms with Gasteiger partial charge in [0.15, 0.2) is 0 Å². The molecule has 0 spiro atoms. The molecule has 3 aromatic rings. The van der Waals surface area contributed by atoms with Crippen LogP contribution in [-0.4, -0.2) is 16.7 Å². The number of fused-ring (bicyclic) bond motifs is 2. The number of amides is 2. The fourth-order valence-electron chi connectivity index (χ4n) is 3.70. The molecule has 4 rings (SSSR count). The second kappa shape index (κ2) is 7.39. The van der Waals surface area contributed by atoms with Crippen LogP contribution in [0.3, 0.4) is 0 Å². The number of anilines is 1. The van der Waals surface area contributed by atoms with Gasteiger partial charge in [0.1, 0.15) is 5.58 Å². The van der Waals surface area contributed by atoms with Crippen molar-refractivity contribution >= 4 is 34.5 Å². The highest BCUT2D eigenvalue weighted by Crippen LogP contribution is 2.33. The lowest BCUT2D eigenvalue weighted by molar-refractivity contribution is -0.129. The first-order chi connectivity index (χ1) is 13.9. The topological polar surface area (TPSA) is 79.6 Å². The lowest BCUT2D eigenvalue weighted by atomic mass is 9.93. The van der Waals surface area contributed by atoms with Crippen LogP contribution in [0.4, 0.5) is 5.69 Å². The van der Waals surface area contributed by atoms with Gasteiger partial charge in [-0.3, -0.25) is 9.59 Å². The molecule has 2 aromatic carbocycles. The third kappa shape index (κ3) is 3.69. The molecular formula is C23H20N2O4. The van der Waals surface area contributed by atoms with Crippen LogP contribution in [-0.2, 0) is 9.59 Å². The molecule has 2 amide bonds. The molecule has 0 aliphatic carbocycles. The van der Waals surface area contributed by atoms with E-state index in [1.807, 2.05) is 43.3 Å². The molecule has 0 saturated carbocycles. The Labute approximate surface area is 167 Å². The van der Waals surface area contributed by atoms with Crippen molar-refractivity contribution in [2.45, 2.75) is 26.3 Å². The summed E-state index contributed by atoms with van der Waals surface area (Å²) in [6.07, 6.45) is 3.70. The van der Waals surface area contributed by atoms with Gasteiger partial charge in [-0.15, -0.1) is 0 Å². The third-order valence-corrected chi connectivity index (χ3v) is 5.08. The van der Waals surface area contributed by atoms with Crippen molar-refractivity contribution in [1.82, 2.24) is 4.90 Å². The number of carbonyl (C=O) groups excluding carboxylic acids is 2. The molecule has 0 fully saturated rings. The van der Waals surface area contributed by atoms with Crippen LogP contribution >= 0.6 is 0 Å². The van der Waals surface area contributed by atoms with Gasteiger partial charge in [0, 0.05) is 36.3 Å². The number of aryl methyl sites for hydroxylation is 1. The van der Waals surface area contributed by atoms with Gasteiger partial charge in [-0.1, -0.05) is 24.3 Å². The molecule has 2 heterocycles. The Bertz CT molecular complexity index is 1210. The predicted octanol–water partition coefficient (Wildman–Crippen LogP) is 4.00. The van der Waals surface area contributed by atoms with Gasteiger partial charge >= 0.3 is 5.63 Å². The number of carbonyl (C=O) groups is 2. The van der Waals surface area contributed by atoms with E-state index in [2.05, 4.69) is 5.32 Å². The number of hydrogen-bond acceptors (Lipinski definition) is 4. The van der Waals surface area contributed by atoms with E-state index in [1.54, 1.807) is 23.2 Å². The minimum absolute atomic E-state index is 0.108. The Morgan fingerprint density at radius 1 is 1.14 bits per heavy atom. The number of nitrogens with one attached hydrogen (secondary N) is 1. The molecule has 0 saturated heterocycles. The summed E-state index contributed by atoms with van der Waals surface area (Å²) in [6, 6.07) is 14.0. The molecule has 1 aromatic heterocycles. The van der Waals surface area contributed by atoms with E-state index in [9.17, 15) is 14.4 Å². The molecule has 1 atom stereocenters. The van der Waals surface area contributed by atoms with E-state index < -0.39 is 5.63 Å². The highest BCUT2D eigenvalue weighted by atomic mass is 16.4. The van der Waals surface area contributed by atoms with Crippen molar-refractivity contribution in [2.24, 2.45) is 0 Å². The van der Waals surface area contributed by atoms with E-state index in [0.29, 0.717) is 11.3 Å². The first kappa shape index (κ1) is 18.7. The molecule has 0 unspecified atom stereocenters. The number of hydrogen-bond donors (Lipinski definition) is 1. The lowest BCUT2D eigenvalue weighted by Gasteiger charge is -2.32. The van der Waals surface area contributed by atoms with Gasteiger partial charge in [-0.25, -0.2) is 4.79 Å². The van der Waals surface area contributed by atoms with Gasteiger partial charge in [0.2, 0.25) is 11.8 Å². The molecule has 1 N–H and O–H groups in total. The quantitative estimate of drug-likeness (QED) is 0.688.